The van der Waals surface area contributed by atoms with Crippen LogP contribution in [-0.4, -0.2) is 31.4 Å². The molecule has 1 amide bonds. The lowest BCUT2D eigenvalue weighted by atomic mass is 10.2. The van der Waals surface area contributed by atoms with Gasteiger partial charge in [-0.1, -0.05) is 37.8 Å². The first-order valence-electron chi connectivity index (χ1n) is 7.69. The molecule has 0 unspecified atom stereocenters. The Morgan fingerprint density at radius 1 is 1.23 bits per heavy atom. The second-order valence-electron chi connectivity index (χ2n) is 5.13. The van der Waals surface area contributed by atoms with E-state index in [4.69, 9.17) is 21.1 Å². The predicted octanol–water partition coefficient (Wildman–Crippen LogP) is 3.90. The third kappa shape index (κ3) is 5.29. The molecule has 1 aromatic rings. The topological polar surface area (TPSA) is 47.6 Å². The predicted molar refractivity (Wildman–Crippen MR) is 90.3 cm³/mol. The number of nitrogens with one attached hydrogen (secondary N) is 1. The molecule has 0 aliphatic carbocycles. The first-order chi connectivity index (χ1) is 10.7. The number of halogens is 1. The monoisotopic (exact) mass is 343 g/mol. The SMILES string of the molecule is CCCCCCNC(=O)CSc1cc2c(cc1Cl)OCCO2. The van der Waals surface area contributed by atoms with Crippen molar-refractivity contribution in [2.24, 2.45) is 0 Å². The van der Waals surface area contributed by atoms with Crippen LogP contribution in [0.3, 0.4) is 0 Å². The summed E-state index contributed by atoms with van der Waals surface area (Å²) in [6.45, 7) is 3.99. The normalized spacial score (nSPS) is 13.0. The minimum atomic E-state index is 0.0347. The summed E-state index contributed by atoms with van der Waals surface area (Å²) in [5.41, 5.74) is 0. The zero-order chi connectivity index (χ0) is 15.8. The van der Waals surface area contributed by atoms with Gasteiger partial charge in [-0.05, 0) is 12.5 Å². The third-order valence-electron chi connectivity index (χ3n) is 3.31. The van der Waals surface area contributed by atoms with Gasteiger partial charge in [-0.2, -0.15) is 0 Å². The molecule has 6 heteroatoms. The maximum Gasteiger partial charge on any atom is 0.230 e. The number of rotatable bonds is 8. The third-order valence-corrected chi connectivity index (χ3v) is 4.79. The average molecular weight is 344 g/mol. The molecule has 22 heavy (non-hydrogen) atoms. The highest BCUT2D eigenvalue weighted by atomic mass is 35.5. The van der Waals surface area contributed by atoms with Crippen LogP contribution in [0, 0.1) is 0 Å². The van der Waals surface area contributed by atoms with Gasteiger partial charge in [-0.3, -0.25) is 4.79 Å². The van der Waals surface area contributed by atoms with E-state index in [-0.39, 0.29) is 5.91 Å². The van der Waals surface area contributed by atoms with Gasteiger partial charge in [0.15, 0.2) is 11.5 Å². The van der Waals surface area contributed by atoms with Gasteiger partial charge in [0.25, 0.3) is 0 Å². The van der Waals surface area contributed by atoms with Crippen molar-refractivity contribution in [2.75, 3.05) is 25.5 Å². The summed E-state index contributed by atoms with van der Waals surface area (Å²) in [6, 6.07) is 3.59. The summed E-state index contributed by atoms with van der Waals surface area (Å²) in [7, 11) is 0. The van der Waals surface area contributed by atoms with Crippen molar-refractivity contribution in [2.45, 2.75) is 37.5 Å². The van der Waals surface area contributed by atoms with Gasteiger partial charge in [-0.15, -0.1) is 11.8 Å². The van der Waals surface area contributed by atoms with Crippen LogP contribution in [0.25, 0.3) is 0 Å². The standard InChI is InChI=1S/C16H22ClNO3S/c1-2-3-4-5-6-18-16(19)11-22-15-10-14-13(9-12(15)17)20-7-8-21-14/h9-10H,2-8,11H2,1H3,(H,18,19). The second kappa shape index (κ2) is 9.16. The smallest absolute Gasteiger partial charge is 0.230 e. The van der Waals surface area contributed by atoms with Gasteiger partial charge < -0.3 is 14.8 Å². The van der Waals surface area contributed by atoms with E-state index in [9.17, 15) is 4.79 Å². The van der Waals surface area contributed by atoms with E-state index in [1.807, 2.05) is 6.07 Å². The van der Waals surface area contributed by atoms with Crippen LogP contribution in [0.4, 0.5) is 0 Å². The van der Waals surface area contributed by atoms with E-state index >= 15 is 0 Å². The Labute approximate surface area is 140 Å². The summed E-state index contributed by atoms with van der Waals surface area (Å²) in [6.07, 6.45) is 4.62. The molecule has 2 rings (SSSR count). The van der Waals surface area contributed by atoms with Crippen LogP contribution in [0.5, 0.6) is 11.5 Å². The molecule has 122 valence electrons. The molecule has 0 saturated carbocycles. The number of amides is 1. The summed E-state index contributed by atoms with van der Waals surface area (Å²) in [4.78, 5) is 12.7. The van der Waals surface area contributed by atoms with Crippen LogP contribution in [0.1, 0.15) is 32.6 Å². The van der Waals surface area contributed by atoms with Gasteiger partial charge in [0.1, 0.15) is 13.2 Å². The Balaban J connectivity index is 1.77. The zero-order valence-electron chi connectivity index (χ0n) is 12.8. The highest BCUT2D eigenvalue weighted by molar-refractivity contribution is 8.00. The van der Waals surface area contributed by atoms with Crippen LogP contribution < -0.4 is 14.8 Å². The number of benzene rings is 1. The number of hydrogen-bond donors (Lipinski definition) is 1. The fourth-order valence-electron chi connectivity index (χ4n) is 2.13. The largest absolute Gasteiger partial charge is 0.486 e. The Morgan fingerprint density at radius 3 is 2.68 bits per heavy atom. The molecule has 0 atom stereocenters. The number of ether oxygens (including phenoxy) is 2. The molecule has 1 aliphatic rings. The van der Waals surface area contributed by atoms with E-state index in [1.54, 1.807) is 6.07 Å². The minimum Gasteiger partial charge on any atom is -0.486 e. The second-order valence-corrected chi connectivity index (χ2v) is 6.55. The molecule has 0 bridgehead atoms. The molecule has 1 heterocycles. The van der Waals surface area contributed by atoms with E-state index in [0.717, 1.165) is 24.3 Å². The molecular formula is C16H22ClNO3S. The summed E-state index contributed by atoms with van der Waals surface area (Å²) in [5, 5.41) is 3.52. The van der Waals surface area contributed by atoms with Crippen LogP contribution in [-0.2, 0) is 4.79 Å². The maximum atomic E-state index is 11.8. The van der Waals surface area contributed by atoms with Gasteiger partial charge in [-0.25, -0.2) is 0 Å². The molecule has 1 aromatic carbocycles. The van der Waals surface area contributed by atoms with E-state index in [0.29, 0.717) is 35.5 Å². The molecule has 0 spiro atoms. The Hall–Kier alpha value is -1.07. The van der Waals surface area contributed by atoms with Crippen molar-refractivity contribution in [1.29, 1.82) is 0 Å². The van der Waals surface area contributed by atoms with Crippen LogP contribution in [0.2, 0.25) is 5.02 Å². The Kier molecular flexibility index (Phi) is 7.19. The van der Waals surface area contributed by atoms with Crippen molar-refractivity contribution >= 4 is 29.3 Å². The Bertz CT molecular complexity index is 510. The first kappa shape index (κ1) is 17.3. The number of carbonyl (C=O) groups is 1. The highest BCUT2D eigenvalue weighted by Gasteiger charge is 2.16. The van der Waals surface area contributed by atoms with Gasteiger partial charge in [0.05, 0.1) is 10.8 Å². The average Bonchev–Trinajstić information content (AvgIpc) is 2.52. The quantitative estimate of drug-likeness (QED) is 0.574. The number of carbonyl (C=O) groups excluding carboxylic acids is 1. The molecule has 0 saturated heterocycles. The summed E-state index contributed by atoms with van der Waals surface area (Å²) < 4.78 is 11.0. The number of hydrogen-bond acceptors (Lipinski definition) is 4. The van der Waals surface area contributed by atoms with Crippen molar-refractivity contribution in [1.82, 2.24) is 5.32 Å². The van der Waals surface area contributed by atoms with Crippen molar-refractivity contribution in [3.63, 3.8) is 0 Å². The van der Waals surface area contributed by atoms with Crippen LogP contribution in [0.15, 0.2) is 17.0 Å². The lowest BCUT2D eigenvalue weighted by Gasteiger charge is -2.19. The van der Waals surface area contributed by atoms with Crippen molar-refractivity contribution in [3.05, 3.63) is 17.2 Å². The summed E-state index contributed by atoms with van der Waals surface area (Å²) >= 11 is 7.63. The van der Waals surface area contributed by atoms with E-state index in [1.165, 1.54) is 24.6 Å². The molecule has 4 nitrogen and oxygen atoms in total. The molecule has 0 aromatic heterocycles. The Morgan fingerprint density at radius 2 is 1.95 bits per heavy atom. The van der Waals surface area contributed by atoms with Gasteiger partial charge in [0, 0.05) is 17.5 Å². The van der Waals surface area contributed by atoms with Crippen molar-refractivity contribution in [3.8, 4) is 11.5 Å². The molecule has 1 aliphatic heterocycles. The fourth-order valence-corrected chi connectivity index (χ4v) is 3.22. The van der Waals surface area contributed by atoms with Gasteiger partial charge in [0.2, 0.25) is 5.91 Å². The van der Waals surface area contributed by atoms with E-state index < -0.39 is 0 Å². The van der Waals surface area contributed by atoms with E-state index in [2.05, 4.69) is 12.2 Å². The lowest BCUT2D eigenvalue weighted by Crippen LogP contribution is -2.26. The summed E-state index contributed by atoms with van der Waals surface area (Å²) in [5.74, 6) is 1.75. The zero-order valence-corrected chi connectivity index (χ0v) is 14.4. The number of thioether (sulfide) groups is 1. The first-order valence-corrected chi connectivity index (χ1v) is 9.05. The lowest BCUT2D eigenvalue weighted by molar-refractivity contribution is -0.118. The molecular weight excluding hydrogens is 322 g/mol. The molecule has 1 N–H and O–H groups in total. The van der Waals surface area contributed by atoms with Gasteiger partial charge >= 0.3 is 0 Å². The number of fused-ring (bicyclic) bond motifs is 1. The molecule has 0 fully saturated rings. The maximum absolute atomic E-state index is 11.8. The number of unbranched alkanes of at least 4 members (excludes halogenated alkanes) is 3. The van der Waals surface area contributed by atoms with Crippen LogP contribution >= 0.6 is 23.4 Å². The molecule has 0 radical (unpaired) electrons. The fraction of sp³-hybridized carbons (Fsp3) is 0.562. The van der Waals surface area contributed by atoms with Crippen molar-refractivity contribution < 1.29 is 14.3 Å². The highest BCUT2D eigenvalue weighted by Crippen LogP contribution is 2.39. The minimum absolute atomic E-state index is 0.0347.